The Kier molecular flexibility index (Phi) is 6.95. The highest BCUT2D eigenvalue weighted by atomic mass is 79.9. The number of amides is 2. The van der Waals surface area contributed by atoms with Gasteiger partial charge in [-0.15, -0.1) is 0 Å². The van der Waals surface area contributed by atoms with Crippen molar-refractivity contribution in [3.8, 4) is 17.6 Å². The molecule has 1 fully saturated rings. The molecule has 29 heavy (non-hydrogen) atoms. The maximum absolute atomic E-state index is 12.4. The first-order chi connectivity index (χ1) is 13.9. The average Bonchev–Trinajstić information content (AvgIpc) is 3.08. The standard InChI is InChI=1S/C23H23BrN2O3/c1-16-8-9-20(12-17(16)2)26-15-18(13-22(26)27)23(28)25-10-3-4-11-29-21-7-5-6-19(24)14-21/h5-9,12,14,18H,10-11,13,15H2,1-2H3,(H,25,28). The fourth-order valence-electron chi connectivity index (χ4n) is 3.09. The van der Waals surface area contributed by atoms with Gasteiger partial charge in [0.05, 0.1) is 12.5 Å². The van der Waals surface area contributed by atoms with Crippen molar-refractivity contribution < 1.29 is 14.3 Å². The number of nitrogens with zero attached hydrogens (tertiary/aromatic N) is 1. The van der Waals surface area contributed by atoms with Gasteiger partial charge in [-0.05, 0) is 55.3 Å². The van der Waals surface area contributed by atoms with Gasteiger partial charge in [0.25, 0.3) is 0 Å². The van der Waals surface area contributed by atoms with Gasteiger partial charge in [0.2, 0.25) is 11.8 Å². The van der Waals surface area contributed by atoms with Gasteiger partial charge in [-0.2, -0.15) is 0 Å². The van der Waals surface area contributed by atoms with Crippen LogP contribution in [-0.2, 0) is 9.59 Å². The van der Waals surface area contributed by atoms with Gasteiger partial charge < -0.3 is 15.0 Å². The molecule has 1 saturated heterocycles. The van der Waals surface area contributed by atoms with Gasteiger partial charge in [-0.3, -0.25) is 9.59 Å². The Hall–Kier alpha value is -2.78. The molecular weight excluding hydrogens is 432 g/mol. The van der Waals surface area contributed by atoms with Crippen molar-refractivity contribution in [2.45, 2.75) is 20.3 Å². The van der Waals surface area contributed by atoms with Crippen LogP contribution >= 0.6 is 15.9 Å². The number of ether oxygens (including phenoxy) is 1. The third-order valence-electron chi connectivity index (χ3n) is 4.88. The van der Waals surface area contributed by atoms with E-state index in [2.05, 4.69) is 33.1 Å². The number of benzene rings is 2. The Bertz CT molecular complexity index is 978. The molecule has 1 unspecified atom stereocenters. The first-order valence-corrected chi connectivity index (χ1v) is 10.2. The van der Waals surface area contributed by atoms with Gasteiger partial charge >= 0.3 is 0 Å². The quantitative estimate of drug-likeness (QED) is 0.701. The summed E-state index contributed by atoms with van der Waals surface area (Å²) in [5.74, 6) is 5.95. The van der Waals surface area contributed by atoms with Gasteiger partial charge in [0.15, 0.2) is 0 Å². The number of carbonyl (C=O) groups excluding carboxylic acids is 2. The first kappa shape index (κ1) is 20.9. The highest BCUT2D eigenvalue weighted by Crippen LogP contribution is 2.26. The molecule has 0 bridgehead atoms. The van der Waals surface area contributed by atoms with Crippen LogP contribution in [0.5, 0.6) is 5.75 Å². The molecule has 1 aliphatic rings. The van der Waals surface area contributed by atoms with Gasteiger partial charge in [0, 0.05) is 23.1 Å². The maximum atomic E-state index is 12.4. The Balaban J connectivity index is 1.45. The molecule has 0 aliphatic carbocycles. The number of hydrogen-bond acceptors (Lipinski definition) is 3. The molecule has 1 heterocycles. The van der Waals surface area contributed by atoms with E-state index in [1.54, 1.807) is 4.90 Å². The third kappa shape index (κ3) is 5.61. The van der Waals surface area contributed by atoms with E-state index in [1.165, 1.54) is 5.56 Å². The summed E-state index contributed by atoms with van der Waals surface area (Å²) < 4.78 is 6.46. The third-order valence-corrected chi connectivity index (χ3v) is 5.37. The van der Waals surface area contributed by atoms with Crippen molar-refractivity contribution in [2.75, 3.05) is 24.6 Å². The minimum Gasteiger partial charge on any atom is -0.481 e. The molecule has 1 aliphatic heterocycles. The van der Waals surface area contributed by atoms with Crippen molar-refractivity contribution >= 4 is 33.4 Å². The molecule has 2 amide bonds. The van der Waals surface area contributed by atoms with Gasteiger partial charge in [-0.25, -0.2) is 0 Å². The summed E-state index contributed by atoms with van der Waals surface area (Å²) >= 11 is 3.38. The zero-order chi connectivity index (χ0) is 20.8. The van der Waals surface area contributed by atoms with E-state index in [0.29, 0.717) is 6.54 Å². The van der Waals surface area contributed by atoms with Gasteiger partial charge in [0.1, 0.15) is 12.4 Å². The Morgan fingerprint density at radius 1 is 1.21 bits per heavy atom. The number of rotatable bonds is 5. The first-order valence-electron chi connectivity index (χ1n) is 9.43. The summed E-state index contributed by atoms with van der Waals surface area (Å²) in [4.78, 5) is 26.4. The van der Waals surface area contributed by atoms with Crippen molar-refractivity contribution in [2.24, 2.45) is 5.92 Å². The maximum Gasteiger partial charge on any atom is 0.227 e. The number of anilines is 1. The van der Waals surface area contributed by atoms with Crippen LogP contribution in [0.15, 0.2) is 46.9 Å². The molecule has 150 valence electrons. The topological polar surface area (TPSA) is 58.6 Å². The lowest BCUT2D eigenvalue weighted by atomic mass is 10.1. The van der Waals surface area contributed by atoms with E-state index in [9.17, 15) is 9.59 Å². The smallest absolute Gasteiger partial charge is 0.227 e. The SMILES string of the molecule is Cc1ccc(N2CC(C(=O)NCC#CCOc3cccc(Br)c3)CC2=O)cc1C. The molecule has 5 nitrogen and oxygen atoms in total. The summed E-state index contributed by atoms with van der Waals surface area (Å²) in [6.45, 7) is 4.92. The number of hydrogen-bond donors (Lipinski definition) is 1. The lowest BCUT2D eigenvalue weighted by Crippen LogP contribution is -2.33. The highest BCUT2D eigenvalue weighted by molar-refractivity contribution is 9.10. The minimum absolute atomic E-state index is 0.0260. The summed E-state index contributed by atoms with van der Waals surface area (Å²) in [6, 6.07) is 13.4. The lowest BCUT2D eigenvalue weighted by molar-refractivity contribution is -0.126. The second-order valence-electron chi connectivity index (χ2n) is 6.99. The molecule has 0 radical (unpaired) electrons. The van der Waals surface area contributed by atoms with Crippen LogP contribution in [0.25, 0.3) is 0 Å². The lowest BCUT2D eigenvalue weighted by Gasteiger charge is -2.17. The fraction of sp³-hybridized carbons (Fsp3) is 0.304. The molecule has 6 heteroatoms. The van der Waals surface area contributed by atoms with Crippen molar-refractivity contribution in [3.05, 3.63) is 58.1 Å². The van der Waals surface area contributed by atoms with Crippen LogP contribution in [0.1, 0.15) is 17.5 Å². The second-order valence-corrected chi connectivity index (χ2v) is 7.91. The number of nitrogens with one attached hydrogen (secondary N) is 1. The minimum atomic E-state index is -0.358. The summed E-state index contributed by atoms with van der Waals surface area (Å²) in [5, 5.41) is 2.79. The van der Waals surface area contributed by atoms with E-state index >= 15 is 0 Å². The van der Waals surface area contributed by atoms with Crippen LogP contribution in [0.4, 0.5) is 5.69 Å². The molecule has 3 rings (SSSR count). The van der Waals surface area contributed by atoms with E-state index in [1.807, 2.05) is 56.3 Å². The molecular formula is C23H23BrN2O3. The second kappa shape index (κ2) is 9.62. The number of carbonyl (C=O) groups is 2. The molecule has 0 saturated carbocycles. The molecule has 0 spiro atoms. The van der Waals surface area contributed by atoms with E-state index in [4.69, 9.17) is 4.74 Å². The van der Waals surface area contributed by atoms with Gasteiger partial charge in [-0.1, -0.05) is 39.9 Å². The predicted octanol–water partition coefficient (Wildman–Crippen LogP) is 3.62. The highest BCUT2D eigenvalue weighted by Gasteiger charge is 2.34. The molecule has 1 N–H and O–H groups in total. The number of aryl methyl sites for hydroxylation is 2. The molecule has 1 atom stereocenters. The largest absolute Gasteiger partial charge is 0.481 e. The Labute approximate surface area is 179 Å². The normalized spacial score (nSPS) is 15.6. The Morgan fingerprint density at radius 2 is 2.03 bits per heavy atom. The summed E-state index contributed by atoms with van der Waals surface area (Å²) in [5.41, 5.74) is 3.15. The van der Waals surface area contributed by atoms with Crippen LogP contribution in [0.2, 0.25) is 0 Å². The van der Waals surface area contributed by atoms with Crippen LogP contribution in [-0.4, -0.2) is 31.5 Å². The fourth-order valence-corrected chi connectivity index (χ4v) is 3.47. The van der Waals surface area contributed by atoms with Crippen LogP contribution < -0.4 is 15.0 Å². The van der Waals surface area contributed by atoms with Crippen LogP contribution in [0, 0.1) is 31.6 Å². The molecule has 2 aromatic rings. The summed E-state index contributed by atoms with van der Waals surface area (Å²) in [6.07, 6.45) is 0.220. The predicted molar refractivity (Wildman–Crippen MR) is 117 cm³/mol. The molecule has 0 aromatic heterocycles. The Morgan fingerprint density at radius 3 is 2.79 bits per heavy atom. The van der Waals surface area contributed by atoms with E-state index < -0.39 is 0 Å². The van der Waals surface area contributed by atoms with E-state index in [-0.39, 0.29) is 37.3 Å². The monoisotopic (exact) mass is 454 g/mol. The average molecular weight is 455 g/mol. The number of halogens is 1. The van der Waals surface area contributed by atoms with Crippen molar-refractivity contribution in [3.63, 3.8) is 0 Å². The zero-order valence-electron chi connectivity index (χ0n) is 16.5. The van der Waals surface area contributed by atoms with Crippen LogP contribution in [0.3, 0.4) is 0 Å². The molecule has 2 aromatic carbocycles. The summed E-state index contributed by atoms with van der Waals surface area (Å²) in [7, 11) is 0. The van der Waals surface area contributed by atoms with E-state index in [0.717, 1.165) is 21.5 Å². The van der Waals surface area contributed by atoms with Crippen molar-refractivity contribution in [1.29, 1.82) is 0 Å². The zero-order valence-corrected chi connectivity index (χ0v) is 18.1. The van der Waals surface area contributed by atoms with Crippen molar-refractivity contribution in [1.82, 2.24) is 5.32 Å².